The first-order chi connectivity index (χ1) is 9.49. The van der Waals surface area contributed by atoms with Crippen molar-refractivity contribution in [1.29, 1.82) is 0 Å². The van der Waals surface area contributed by atoms with Crippen molar-refractivity contribution in [3.63, 3.8) is 0 Å². The lowest BCUT2D eigenvalue weighted by molar-refractivity contribution is 0.367. The average molecular weight is 363 g/mol. The Morgan fingerprint density at radius 3 is 2.80 bits per heavy atom. The van der Waals surface area contributed by atoms with Gasteiger partial charge in [0.25, 0.3) is 5.56 Å². The van der Waals surface area contributed by atoms with E-state index in [1.807, 2.05) is 19.0 Å². The highest BCUT2D eigenvalue weighted by atomic mass is 79.9. The number of likely N-dealkylation sites (N-methyl/N-ethyl adjacent to an activating group) is 1. The smallest absolute Gasteiger partial charge is 0.283 e. The lowest BCUT2D eigenvalue weighted by Crippen LogP contribution is -2.30. The van der Waals surface area contributed by atoms with Crippen LogP contribution >= 0.6 is 27.7 Å². The minimum atomic E-state index is -0.0872. The van der Waals surface area contributed by atoms with Crippen LogP contribution in [0.4, 0.5) is 5.69 Å². The summed E-state index contributed by atoms with van der Waals surface area (Å²) in [5.74, 6) is 1.01. The third-order valence-electron chi connectivity index (χ3n) is 2.96. The normalized spacial score (nSPS) is 12.7. The molecule has 1 aromatic heterocycles. The number of aromatic nitrogens is 2. The Bertz CT molecular complexity index is 478. The Labute approximate surface area is 133 Å². The van der Waals surface area contributed by atoms with Gasteiger partial charge in [-0.3, -0.25) is 4.79 Å². The minimum absolute atomic E-state index is 0.0872. The summed E-state index contributed by atoms with van der Waals surface area (Å²) in [7, 11) is 3.95. The number of anilines is 1. The first-order valence-corrected chi connectivity index (χ1v) is 8.84. The van der Waals surface area contributed by atoms with Gasteiger partial charge in [-0.05, 0) is 42.7 Å². The van der Waals surface area contributed by atoms with Crippen molar-refractivity contribution in [3.8, 4) is 0 Å². The lowest BCUT2D eigenvalue weighted by Gasteiger charge is -2.18. The van der Waals surface area contributed by atoms with E-state index in [4.69, 9.17) is 0 Å². The van der Waals surface area contributed by atoms with Gasteiger partial charge in [-0.1, -0.05) is 6.92 Å². The molecule has 0 saturated carbocycles. The van der Waals surface area contributed by atoms with Crippen LogP contribution < -0.4 is 10.9 Å². The minimum Gasteiger partial charge on any atom is -0.379 e. The van der Waals surface area contributed by atoms with Crippen molar-refractivity contribution < 1.29 is 0 Å². The summed E-state index contributed by atoms with van der Waals surface area (Å²) >= 11 is 5.18. The van der Waals surface area contributed by atoms with Crippen LogP contribution in [0.25, 0.3) is 0 Å². The lowest BCUT2D eigenvalue weighted by atomic mass is 10.2. The standard InChI is InChI=1S/C13H23BrN4OS/c1-5-10(9-20-4)16-11-8-15-18(7-6-17(2)3)13(19)12(11)14/h8,10,16H,5-7,9H2,1-4H3. The van der Waals surface area contributed by atoms with Crippen molar-refractivity contribution in [1.82, 2.24) is 14.7 Å². The van der Waals surface area contributed by atoms with Gasteiger partial charge in [-0.25, -0.2) is 4.68 Å². The van der Waals surface area contributed by atoms with Crippen LogP contribution in [0.2, 0.25) is 0 Å². The molecular formula is C13H23BrN4OS. The summed E-state index contributed by atoms with van der Waals surface area (Å²) in [6, 6.07) is 0.347. The maximum atomic E-state index is 12.2. The zero-order valence-electron chi connectivity index (χ0n) is 12.5. The molecule has 7 heteroatoms. The van der Waals surface area contributed by atoms with Gasteiger partial charge in [-0.2, -0.15) is 16.9 Å². The molecule has 0 aliphatic carbocycles. The topological polar surface area (TPSA) is 50.2 Å². The maximum absolute atomic E-state index is 12.2. The Hall–Kier alpha value is -0.530. The molecule has 1 atom stereocenters. The number of hydrogen-bond donors (Lipinski definition) is 1. The monoisotopic (exact) mass is 362 g/mol. The number of nitrogens with one attached hydrogen (secondary N) is 1. The Morgan fingerprint density at radius 2 is 2.25 bits per heavy atom. The molecule has 0 aliphatic rings. The largest absolute Gasteiger partial charge is 0.379 e. The molecule has 20 heavy (non-hydrogen) atoms. The maximum Gasteiger partial charge on any atom is 0.283 e. The number of thioether (sulfide) groups is 1. The van der Waals surface area contributed by atoms with Crippen molar-refractivity contribution >= 4 is 33.4 Å². The van der Waals surface area contributed by atoms with Crippen molar-refractivity contribution in [2.45, 2.75) is 25.9 Å². The number of halogens is 1. The molecule has 1 N–H and O–H groups in total. The third-order valence-corrected chi connectivity index (χ3v) is 4.47. The molecule has 0 saturated heterocycles. The highest BCUT2D eigenvalue weighted by Crippen LogP contribution is 2.19. The number of rotatable bonds is 8. The SMILES string of the molecule is CCC(CSC)Nc1cnn(CCN(C)C)c(=O)c1Br. The molecular weight excluding hydrogens is 340 g/mol. The molecule has 1 rings (SSSR count). The van der Waals surface area contributed by atoms with E-state index in [0.717, 1.165) is 24.4 Å². The Morgan fingerprint density at radius 1 is 1.55 bits per heavy atom. The van der Waals surface area contributed by atoms with E-state index < -0.39 is 0 Å². The molecule has 0 bridgehead atoms. The fourth-order valence-corrected chi connectivity index (χ4v) is 2.85. The summed E-state index contributed by atoms with van der Waals surface area (Å²) in [5, 5.41) is 7.61. The number of hydrogen-bond acceptors (Lipinski definition) is 5. The predicted octanol–water partition coefficient (Wildman–Crippen LogP) is 2.12. The van der Waals surface area contributed by atoms with E-state index in [2.05, 4.69) is 39.5 Å². The molecule has 114 valence electrons. The van der Waals surface area contributed by atoms with Gasteiger partial charge in [0.05, 0.1) is 18.4 Å². The second-order valence-electron chi connectivity index (χ2n) is 4.91. The highest BCUT2D eigenvalue weighted by Gasteiger charge is 2.12. The molecule has 1 unspecified atom stereocenters. The molecule has 1 aromatic rings. The zero-order chi connectivity index (χ0) is 15.1. The van der Waals surface area contributed by atoms with Crippen molar-refractivity contribution in [2.24, 2.45) is 0 Å². The second-order valence-corrected chi connectivity index (χ2v) is 6.61. The summed E-state index contributed by atoms with van der Waals surface area (Å²) < 4.78 is 2.05. The molecule has 0 aliphatic heterocycles. The number of nitrogens with zero attached hydrogens (tertiary/aromatic N) is 3. The summed E-state index contributed by atoms with van der Waals surface area (Å²) in [5.41, 5.74) is 0.688. The van der Waals surface area contributed by atoms with Gasteiger partial charge in [-0.15, -0.1) is 0 Å². The third kappa shape index (κ3) is 5.10. The summed E-state index contributed by atoms with van der Waals surface area (Å²) in [6.07, 6.45) is 4.82. The van der Waals surface area contributed by atoms with Crippen molar-refractivity contribution in [2.75, 3.05) is 38.0 Å². The molecule has 1 heterocycles. The first-order valence-electron chi connectivity index (χ1n) is 6.65. The summed E-state index contributed by atoms with van der Waals surface area (Å²) in [4.78, 5) is 14.2. The van der Waals surface area contributed by atoms with Crippen LogP contribution in [0, 0.1) is 0 Å². The first kappa shape index (κ1) is 17.5. The van der Waals surface area contributed by atoms with Gasteiger partial charge in [0.1, 0.15) is 4.47 Å². The Balaban J connectivity index is 2.85. The van der Waals surface area contributed by atoms with Crippen LogP contribution in [-0.4, -0.2) is 53.4 Å². The van der Waals surface area contributed by atoms with E-state index in [9.17, 15) is 4.79 Å². The van der Waals surface area contributed by atoms with Gasteiger partial charge in [0.15, 0.2) is 0 Å². The second kappa shape index (κ2) is 8.69. The van der Waals surface area contributed by atoms with Gasteiger partial charge < -0.3 is 10.2 Å². The van der Waals surface area contributed by atoms with Gasteiger partial charge >= 0.3 is 0 Å². The van der Waals surface area contributed by atoms with Gasteiger partial charge in [0.2, 0.25) is 0 Å². The van der Waals surface area contributed by atoms with Crippen LogP contribution in [0.5, 0.6) is 0 Å². The molecule has 0 spiro atoms. The molecule has 0 fully saturated rings. The molecule has 5 nitrogen and oxygen atoms in total. The van der Waals surface area contributed by atoms with Crippen LogP contribution in [-0.2, 0) is 6.54 Å². The zero-order valence-corrected chi connectivity index (χ0v) is 14.9. The van der Waals surface area contributed by atoms with Crippen molar-refractivity contribution in [3.05, 3.63) is 21.0 Å². The molecule has 0 radical (unpaired) electrons. The average Bonchev–Trinajstić information content (AvgIpc) is 2.42. The van der Waals surface area contributed by atoms with E-state index in [0.29, 0.717) is 17.1 Å². The predicted molar refractivity (Wildman–Crippen MR) is 90.8 cm³/mol. The summed E-state index contributed by atoms with van der Waals surface area (Å²) in [6.45, 7) is 3.51. The van der Waals surface area contributed by atoms with E-state index in [1.165, 1.54) is 4.68 Å². The fraction of sp³-hybridized carbons (Fsp3) is 0.692. The van der Waals surface area contributed by atoms with Crippen LogP contribution in [0.15, 0.2) is 15.5 Å². The van der Waals surface area contributed by atoms with Crippen LogP contribution in [0.1, 0.15) is 13.3 Å². The van der Waals surface area contributed by atoms with Gasteiger partial charge in [0, 0.05) is 18.3 Å². The molecule has 0 aromatic carbocycles. The van der Waals surface area contributed by atoms with E-state index >= 15 is 0 Å². The quantitative estimate of drug-likeness (QED) is 0.767. The Kier molecular flexibility index (Phi) is 7.61. The fourth-order valence-electron chi connectivity index (χ4n) is 1.70. The highest BCUT2D eigenvalue weighted by molar-refractivity contribution is 9.10. The van der Waals surface area contributed by atoms with E-state index in [-0.39, 0.29) is 5.56 Å². The van der Waals surface area contributed by atoms with E-state index in [1.54, 1.807) is 18.0 Å². The molecule has 0 amide bonds. The van der Waals surface area contributed by atoms with Crippen LogP contribution in [0.3, 0.4) is 0 Å².